The Morgan fingerprint density at radius 1 is 0.535 bits per heavy atom. The highest BCUT2D eigenvalue weighted by molar-refractivity contribution is 5.40. The molecule has 0 atom stereocenters. The summed E-state index contributed by atoms with van der Waals surface area (Å²) in [6.07, 6.45) is 3.42. The van der Waals surface area contributed by atoms with Crippen LogP contribution in [0, 0.1) is 5.41 Å². The minimum absolute atomic E-state index is 0. The van der Waals surface area contributed by atoms with Gasteiger partial charge in [0.15, 0.2) is 0 Å². The Morgan fingerprint density at radius 3 is 1.42 bits per heavy atom. The van der Waals surface area contributed by atoms with Crippen LogP contribution in [0.4, 0.5) is 0 Å². The quantitative estimate of drug-likeness (QED) is 0.151. The van der Waals surface area contributed by atoms with Gasteiger partial charge in [-0.3, -0.25) is 0 Å². The molecule has 0 amide bonds. The van der Waals surface area contributed by atoms with Gasteiger partial charge in [0.25, 0.3) is 0 Å². The smallest absolute Gasteiger partial charge is 0.124 e. The zero-order valence-electron chi connectivity index (χ0n) is 25.1. The normalized spacial score (nSPS) is 21.3. The summed E-state index contributed by atoms with van der Waals surface area (Å²) in [6, 6.07) is 42.8. The molecule has 43 heavy (non-hydrogen) atoms. The third-order valence-electron chi connectivity index (χ3n) is 9.78. The number of hydrogen-bond donors (Lipinski definition) is 0. The van der Waals surface area contributed by atoms with E-state index in [0.29, 0.717) is 26.4 Å². The van der Waals surface area contributed by atoms with Crippen LogP contribution < -0.4 is 17.0 Å². The topological polar surface area (TPSA) is 27.7 Å². The molecule has 4 aromatic carbocycles. The Hall–Kier alpha value is -2.80. The van der Waals surface area contributed by atoms with E-state index in [2.05, 4.69) is 115 Å². The lowest BCUT2D eigenvalue weighted by Crippen LogP contribution is -3.00. The summed E-state index contributed by atoms with van der Waals surface area (Å²) in [7, 11) is 0. The van der Waals surface area contributed by atoms with Crippen molar-refractivity contribution in [3.05, 3.63) is 144 Å². The van der Waals surface area contributed by atoms with Crippen molar-refractivity contribution in [3.63, 3.8) is 0 Å². The van der Waals surface area contributed by atoms with Gasteiger partial charge in [0.05, 0.1) is 52.7 Å². The first kappa shape index (κ1) is 31.6. The minimum atomic E-state index is -0.522. The molecular formula is C38H44BrNO3. The van der Waals surface area contributed by atoms with Crippen molar-refractivity contribution in [1.29, 1.82) is 0 Å². The summed E-state index contributed by atoms with van der Waals surface area (Å²) in [4.78, 5) is 0. The van der Waals surface area contributed by atoms with Gasteiger partial charge in [0.1, 0.15) is 12.1 Å². The van der Waals surface area contributed by atoms with E-state index in [1.165, 1.54) is 41.9 Å². The van der Waals surface area contributed by atoms with Crippen molar-refractivity contribution in [1.82, 2.24) is 0 Å². The van der Waals surface area contributed by atoms with Gasteiger partial charge in [-0.2, -0.15) is 0 Å². The van der Waals surface area contributed by atoms with Gasteiger partial charge in [-0.1, -0.05) is 121 Å². The molecule has 4 nitrogen and oxygen atoms in total. The zero-order chi connectivity index (χ0) is 28.6. The predicted octanol–water partition coefficient (Wildman–Crippen LogP) is 4.39. The fourth-order valence-electron chi connectivity index (χ4n) is 7.41. The van der Waals surface area contributed by atoms with Crippen LogP contribution in [0.1, 0.15) is 41.5 Å². The summed E-state index contributed by atoms with van der Waals surface area (Å²) in [5, 5.41) is 0. The average Bonchev–Trinajstić information content (AvgIpc) is 3.07. The summed E-state index contributed by atoms with van der Waals surface area (Å²) in [5.74, 6) is 0. The highest BCUT2D eigenvalue weighted by atomic mass is 79.9. The molecule has 0 spiro atoms. The molecule has 0 radical (unpaired) electrons. The molecule has 5 heteroatoms. The lowest BCUT2D eigenvalue weighted by atomic mass is 9.56. The number of rotatable bonds is 14. The SMILES string of the molecule is [Br-].c1ccc(COCCOC(c2ccccc2)(c2ccccc2)C23CC[N+](CCOCc4ccccc4)(CC2)CC3)cc1. The summed E-state index contributed by atoms with van der Waals surface area (Å²) < 4.78 is 20.6. The molecular weight excluding hydrogens is 598 g/mol. The third-order valence-corrected chi connectivity index (χ3v) is 9.78. The van der Waals surface area contributed by atoms with Crippen molar-refractivity contribution >= 4 is 0 Å². The number of piperidine rings is 3. The van der Waals surface area contributed by atoms with Crippen molar-refractivity contribution < 1.29 is 35.7 Å². The van der Waals surface area contributed by atoms with Gasteiger partial charge >= 0.3 is 0 Å². The summed E-state index contributed by atoms with van der Waals surface area (Å²) in [6.45, 7) is 7.80. The summed E-state index contributed by atoms with van der Waals surface area (Å²) >= 11 is 0. The molecule has 3 heterocycles. The molecule has 0 N–H and O–H groups in total. The fourth-order valence-corrected chi connectivity index (χ4v) is 7.41. The molecule has 0 aliphatic carbocycles. The summed E-state index contributed by atoms with van der Waals surface area (Å²) in [5.41, 5.74) is 4.45. The molecule has 3 saturated heterocycles. The first-order chi connectivity index (χ1) is 20.7. The maximum absolute atomic E-state index is 7.22. The van der Waals surface area contributed by atoms with Crippen LogP contribution in [0.5, 0.6) is 0 Å². The standard InChI is InChI=1S/C38H44NO3.BrH/c1-5-13-33(14-6-1)31-40-28-27-39-24-21-37(22-25-39,23-26-39)38(35-17-9-3-10-18-35,36-19-11-4-12-20-36)42-30-29-41-32-34-15-7-2-8-16-34;/h1-20H,21-32H2;1H/q+1;/p-1. The molecule has 0 unspecified atom stereocenters. The first-order valence-electron chi connectivity index (χ1n) is 15.6. The van der Waals surface area contributed by atoms with Gasteiger partial charge in [0.2, 0.25) is 0 Å². The van der Waals surface area contributed by atoms with Crippen LogP contribution in [-0.2, 0) is 33.0 Å². The molecule has 2 bridgehead atoms. The highest BCUT2D eigenvalue weighted by Gasteiger charge is 2.61. The van der Waals surface area contributed by atoms with Crippen LogP contribution in [0.15, 0.2) is 121 Å². The van der Waals surface area contributed by atoms with Crippen molar-refractivity contribution in [2.45, 2.75) is 38.1 Å². The molecule has 7 rings (SSSR count). The lowest BCUT2D eigenvalue weighted by molar-refractivity contribution is -0.946. The van der Waals surface area contributed by atoms with Crippen molar-refractivity contribution in [2.75, 3.05) is 46.0 Å². The number of quaternary nitrogens is 1. The van der Waals surface area contributed by atoms with Crippen LogP contribution in [-0.4, -0.2) is 50.5 Å². The Labute approximate surface area is 268 Å². The largest absolute Gasteiger partial charge is 1.00 e. The average molecular weight is 643 g/mol. The highest BCUT2D eigenvalue weighted by Crippen LogP contribution is 2.59. The lowest BCUT2D eigenvalue weighted by Gasteiger charge is -2.61. The Balaban J connectivity index is 0.00000368. The van der Waals surface area contributed by atoms with Crippen LogP contribution >= 0.6 is 0 Å². The van der Waals surface area contributed by atoms with E-state index < -0.39 is 5.60 Å². The second kappa shape index (κ2) is 14.8. The molecule has 0 aromatic heterocycles. The van der Waals surface area contributed by atoms with Gasteiger partial charge in [-0.05, 0) is 22.3 Å². The number of benzene rings is 4. The molecule has 0 saturated carbocycles. The molecule has 226 valence electrons. The Kier molecular flexibility index (Phi) is 10.9. The van der Waals surface area contributed by atoms with Crippen LogP contribution in [0.3, 0.4) is 0 Å². The maximum atomic E-state index is 7.22. The number of fused-ring (bicyclic) bond motifs is 3. The molecule has 3 fully saturated rings. The van der Waals surface area contributed by atoms with Gasteiger partial charge in [0, 0.05) is 24.7 Å². The number of ether oxygens (including phenoxy) is 3. The van der Waals surface area contributed by atoms with Gasteiger partial charge in [-0.15, -0.1) is 0 Å². The van der Waals surface area contributed by atoms with E-state index in [9.17, 15) is 0 Å². The third kappa shape index (κ3) is 6.97. The van der Waals surface area contributed by atoms with E-state index >= 15 is 0 Å². The molecule has 4 aromatic rings. The Bertz CT molecular complexity index is 1300. The van der Waals surface area contributed by atoms with Crippen LogP contribution in [0.2, 0.25) is 0 Å². The van der Waals surface area contributed by atoms with E-state index in [-0.39, 0.29) is 22.4 Å². The van der Waals surface area contributed by atoms with Gasteiger partial charge < -0.3 is 35.7 Å². The number of halogens is 1. The number of hydrogen-bond acceptors (Lipinski definition) is 3. The second-order valence-corrected chi connectivity index (χ2v) is 12.1. The molecule has 3 aliphatic heterocycles. The Morgan fingerprint density at radius 2 is 0.953 bits per heavy atom. The maximum Gasteiger partial charge on any atom is 0.124 e. The zero-order valence-corrected chi connectivity index (χ0v) is 26.7. The first-order valence-corrected chi connectivity index (χ1v) is 15.6. The monoisotopic (exact) mass is 641 g/mol. The van der Waals surface area contributed by atoms with E-state index in [0.717, 1.165) is 36.9 Å². The van der Waals surface area contributed by atoms with Crippen molar-refractivity contribution in [2.24, 2.45) is 5.41 Å². The second-order valence-electron chi connectivity index (χ2n) is 12.1. The van der Waals surface area contributed by atoms with Crippen LogP contribution in [0.25, 0.3) is 0 Å². The number of nitrogens with zero attached hydrogens (tertiary/aromatic N) is 1. The van der Waals surface area contributed by atoms with Crippen molar-refractivity contribution in [3.8, 4) is 0 Å². The van der Waals surface area contributed by atoms with Gasteiger partial charge in [-0.25, -0.2) is 0 Å². The predicted molar refractivity (Wildman–Crippen MR) is 168 cm³/mol. The van der Waals surface area contributed by atoms with E-state index in [1.54, 1.807) is 0 Å². The minimum Gasteiger partial charge on any atom is -1.00 e. The van der Waals surface area contributed by atoms with E-state index in [4.69, 9.17) is 14.2 Å². The fraction of sp³-hybridized carbons (Fsp3) is 0.368. The molecule has 3 aliphatic rings. The van der Waals surface area contributed by atoms with E-state index in [1.807, 2.05) is 6.07 Å².